The zero-order valence-corrected chi connectivity index (χ0v) is 9.01. The largest absolute Gasteiger partial charge is 0.463 e. The summed E-state index contributed by atoms with van der Waals surface area (Å²) in [6.45, 7) is 4.63. The van der Waals surface area contributed by atoms with Crippen LogP contribution < -0.4 is 0 Å². The average Bonchev–Trinajstić information content (AvgIpc) is 2.94. The van der Waals surface area contributed by atoms with Gasteiger partial charge in [-0.3, -0.25) is 0 Å². The van der Waals surface area contributed by atoms with Crippen LogP contribution >= 0.6 is 0 Å². The molecule has 1 heteroatoms. The molecule has 0 bridgehead atoms. The molecule has 1 nitrogen and oxygen atoms in total. The first-order valence-electron chi connectivity index (χ1n) is 5.68. The van der Waals surface area contributed by atoms with Gasteiger partial charge in [-0.15, -0.1) is 0 Å². The van der Waals surface area contributed by atoms with Crippen LogP contribution in [0.25, 0.3) is 0 Å². The van der Waals surface area contributed by atoms with Crippen molar-refractivity contribution in [3.63, 3.8) is 0 Å². The summed E-state index contributed by atoms with van der Waals surface area (Å²) in [5.74, 6) is 2.14. The summed E-state index contributed by atoms with van der Waals surface area (Å²) < 4.78 is 4.96. The van der Waals surface area contributed by atoms with Crippen molar-refractivity contribution in [3.05, 3.63) is 12.0 Å². The smallest absolute Gasteiger partial charge is 0.138 e. The molecule has 0 radical (unpaired) electrons. The van der Waals surface area contributed by atoms with Gasteiger partial charge in [0.05, 0.1) is 0 Å². The molecule has 1 heterocycles. The van der Waals surface area contributed by atoms with Gasteiger partial charge in [0.25, 0.3) is 0 Å². The summed E-state index contributed by atoms with van der Waals surface area (Å²) in [5.41, 5.74) is 0. The quantitative estimate of drug-likeness (QED) is 0.511. The van der Waals surface area contributed by atoms with Gasteiger partial charge < -0.3 is 4.74 Å². The van der Waals surface area contributed by atoms with Crippen molar-refractivity contribution in [2.45, 2.75) is 58.8 Å². The molecule has 13 heavy (non-hydrogen) atoms. The van der Waals surface area contributed by atoms with E-state index in [0.29, 0.717) is 0 Å². The van der Waals surface area contributed by atoms with Crippen molar-refractivity contribution in [1.82, 2.24) is 0 Å². The first kappa shape index (κ1) is 10.6. The van der Waals surface area contributed by atoms with Crippen LogP contribution in [0.5, 0.6) is 0 Å². The first-order valence-corrected chi connectivity index (χ1v) is 5.68. The molecule has 0 aromatic carbocycles. The van der Waals surface area contributed by atoms with Crippen molar-refractivity contribution >= 4 is 0 Å². The molecule has 1 unspecified atom stereocenters. The van der Waals surface area contributed by atoms with Gasteiger partial charge in [-0.2, -0.15) is 0 Å². The summed E-state index contributed by atoms with van der Waals surface area (Å²) in [5, 5.41) is 0. The van der Waals surface area contributed by atoms with Crippen LogP contribution in [-0.2, 0) is 4.74 Å². The Morgan fingerprint density at radius 1 is 1.23 bits per heavy atom. The van der Waals surface area contributed by atoms with Gasteiger partial charge in [0.1, 0.15) is 12.0 Å². The highest BCUT2D eigenvalue weighted by Gasteiger charge is 2.07. The topological polar surface area (TPSA) is 12.5 Å². The summed E-state index contributed by atoms with van der Waals surface area (Å²) in [7, 11) is 0. The third-order valence-corrected chi connectivity index (χ3v) is 2.85. The fourth-order valence-corrected chi connectivity index (χ4v) is 1.51. The summed E-state index contributed by atoms with van der Waals surface area (Å²) in [6, 6.07) is 0. The van der Waals surface area contributed by atoms with E-state index in [1.165, 1.54) is 50.7 Å². The van der Waals surface area contributed by atoms with E-state index < -0.39 is 0 Å². The van der Waals surface area contributed by atoms with Gasteiger partial charge in [-0.05, 0) is 12.3 Å². The summed E-state index contributed by atoms with van der Waals surface area (Å²) in [4.78, 5) is 0. The molecule has 0 aromatic rings. The highest BCUT2D eigenvalue weighted by atomic mass is 16.5. The van der Waals surface area contributed by atoms with Crippen molar-refractivity contribution in [2.75, 3.05) is 0 Å². The fraction of sp³-hybridized carbons (Fsp3) is 0.833. The number of allylic oxidation sites excluding steroid dienone is 1. The Kier molecular flexibility index (Phi) is 4.95. The second kappa shape index (κ2) is 6.06. The third-order valence-electron chi connectivity index (χ3n) is 2.85. The lowest BCUT2D eigenvalue weighted by Crippen LogP contribution is -1.91. The molecule has 1 aliphatic heterocycles. The fourth-order valence-electron chi connectivity index (χ4n) is 1.51. The van der Waals surface area contributed by atoms with Gasteiger partial charge in [0, 0.05) is 6.42 Å². The monoisotopic (exact) mass is 182 g/mol. The minimum Gasteiger partial charge on any atom is -0.463 e. The molecule has 0 saturated carbocycles. The molecule has 0 N–H and O–H groups in total. The Bertz CT molecular complexity index is 161. The Morgan fingerprint density at radius 3 is 2.54 bits per heavy atom. The molecule has 1 aliphatic rings. The van der Waals surface area contributed by atoms with E-state index in [-0.39, 0.29) is 0 Å². The Morgan fingerprint density at radius 2 is 1.92 bits per heavy atom. The van der Waals surface area contributed by atoms with Gasteiger partial charge in [-0.1, -0.05) is 46.0 Å². The predicted molar refractivity (Wildman–Crippen MR) is 56.3 cm³/mol. The third kappa shape index (κ3) is 5.73. The van der Waals surface area contributed by atoms with E-state index in [9.17, 15) is 0 Å². The number of hydrogen-bond acceptors (Lipinski definition) is 1. The van der Waals surface area contributed by atoms with Gasteiger partial charge >= 0.3 is 0 Å². The zero-order chi connectivity index (χ0) is 9.52. The molecule has 1 rings (SSSR count). The molecule has 1 atom stereocenters. The van der Waals surface area contributed by atoms with E-state index in [4.69, 9.17) is 4.74 Å². The molecular weight excluding hydrogens is 160 g/mol. The van der Waals surface area contributed by atoms with Crippen molar-refractivity contribution < 1.29 is 4.74 Å². The number of unbranched alkanes of at least 4 members (excludes halogenated alkanes) is 3. The summed E-state index contributed by atoms with van der Waals surface area (Å²) >= 11 is 0. The van der Waals surface area contributed by atoms with E-state index in [1.54, 1.807) is 0 Å². The first-order chi connectivity index (χ1) is 6.33. The van der Waals surface area contributed by atoms with Crippen molar-refractivity contribution in [2.24, 2.45) is 5.92 Å². The van der Waals surface area contributed by atoms with E-state index >= 15 is 0 Å². The summed E-state index contributed by atoms with van der Waals surface area (Å²) in [6.07, 6.45) is 11.3. The molecule has 0 fully saturated rings. The molecule has 0 aromatic heterocycles. The molecule has 0 amide bonds. The van der Waals surface area contributed by atoms with Crippen LogP contribution in [0.3, 0.4) is 0 Å². The maximum Gasteiger partial charge on any atom is 0.138 e. The minimum absolute atomic E-state index is 0.925. The van der Waals surface area contributed by atoms with Crippen LogP contribution in [0, 0.1) is 5.92 Å². The van der Waals surface area contributed by atoms with Crippen LogP contribution in [0.15, 0.2) is 12.0 Å². The Balaban J connectivity index is 1.75. The molecular formula is C12H22O. The van der Waals surface area contributed by atoms with Crippen LogP contribution in [0.1, 0.15) is 58.8 Å². The Labute approximate surface area is 82.2 Å². The molecule has 0 saturated heterocycles. The van der Waals surface area contributed by atoms with E-state index in [2.05, 4.69) is 13.8 Å². The van der Waals surface area contributed by atoms with Gasteiger partial charge in [-0.25, -0.2) is 0 Å². The lowest BCUT2D eigenvalue weighted by Gasteiger charge is -2.06. The number of rotatable bonds is 8. The van der Waals surface area contributed by atoms with E-state index in [1.807, 2.05) is 6.26 Å². The predicted octanol–water partition coefficient (Wildman–Crippen LogP) is 4.24. The maximum absolute atomic E-state index is 4.96. The SMILES string of the molecule is CCC(C)CCCCCCC1=CO1. The van der Waals surface area contributed by atoms with Crippen LogP contribution in [0.4, 0.5) is 0 Å². The molecule has 76 valence electrons. The van der Waals surface area contributed by atoms with Crippen LogP contribution in [-0.4, -0.2) is 0 Å². The second-order valence-electron chi connectivity index (χ2n) is 4.17. The standard InChI is InChI=1S/C12H22O/c1-3-11(2)8-6-4-5-7-9-12-10-13-12/h10-11H,3-9H2,1-2H3. The normalized spacial score (nSPS) is 16.3. The highest BCUT2D eigenvalue weighted by Crippen LogP contribution is 2.21. The number of ether oxygens (including phenoxy) is 1. The van der Waals surface area contributed by atoms with Gasteiger partial charge in [0.15, 0.2) is 0 Å². The second-order valence-corrected chi connectivity index (χ2v) is 4.17. The maximum atomic E-state index is 4.96. The average molecular weight is 182 g/mol. The van der Waals surface area contributed by atoms with Crippen LogP contribution in [0.2, 0.25) is 0 Å². The lowest BCUT2D eigenvalue weighted by atomic mass is 10.00. The Hall–Kier alpha value is -0.460. The van der Waals surface area contributed by atoms with E-state index in [0.717, 1.165) is 5.92 Å². The van der Waals surface area contributed by atoms with Crippen molar-refractivity contribution in [1.29, 1.82) is 0 Å². The number of hydrogen-bond donors (Lipinski definition) is 0. The molecule has 0 spiro atoms. The lowest BCUT2D eigenvalue weighted by molar-refractivity contribution is 0.456. The zero-order valence-electron chi connectivity index (χ0n) is 9.01. The molecule has 0 aliphatic carbocycles. The highest BCUT2D eigenvalue weighted by molar-refractivity contribution is 5.01. The van der Waals surface area contributed by atoms with Crippen molar-refractivity contribution in [3.8, 4) is 0 Å². The van der Waals surface area contributed by atoms with Gasteiger partial charge in [0.2, 0.25) is 0 Å². The minimum atomic E-state index is 0.925.